The molecule has 0 unspecified atom stereocenters. The highest BCUT2D eigenvalue weighted by atomic mass is 15.1. The summed E-state index contributed by atoms with van der Waals surface area (Å²) in [6.45, 7) is 2.02. The number of nitrogen functional groups attached to an aromatic ring is 1. The van der Waals surface area contributed by atoms with Gasteiger partial charge in [0.25, 0.3) is 0 Å². The minimum Gasteiger partial charge on any atom is -0.368 e. The maximum atomic E-state index is 5.81. The van der Waals surface area contributed by atoms with Crippen LogP contribution in [0, 0.1) is 6.92 Å². The van der Waals surface area contributed by atoms with Crippen molar-refractivity contribution in [1.82, 2.24) is 19.9 Å². The average Bonchev–Trinajstić information content (AvgIpc) is 2.92. The fourth-order valence-electron chi connectivity index (χ4n) is 2.55. The number of pyridine rings is 1. The largest absolute Gasteiger partial charge is 0.368 e. The van der Waals surface area contributed by atoms with Gasteiger partial charge in [-0.25, -0.2) is 4.98 Å². The van der Waals surface area contributed by atoms with Gasteiger partial charge in [0.1, 0.15) is 11.5 Å². The molecule has 1 saturated carbocycles. The van der Waals surface area contributed by atoms with Gasteiger partial charge in [-0.1, -0.05) is 12.8 Å². The molecule has 1 fully saturated rings. The van der Waals surface area contributed by atoms with Crippen molar-refractivity contribution >= 4 is 5.95 Å². The highest BCUT2D eigenvalue weighted by Crippen LogP contribution is 2.32. The SMILES string of the molecule is Cc1ccnc(-c2nc(N)nc(C3CCCC3)n2)c1. The number of anilines is 1. The van der Waals surface area contributed by atoms with E-state index in [-0.39, 0.29) is 5.95 Å². The number of aromatic nitrogens is 4. The second kappa shape index (κ2) is 4.91. The van der Waals surface area contributed by atoms with Crippen LogP contribution in [0.15, 0.2) is 18.3 Å². The lowest BCUT2D eigenvalue weighted by Gasteiger charge is -2.09. The van der Waals surface area contributed by atoms with Crippen LogP contribution < -0.4 is 5.73 Å². The van der Waals surface area contributed by atoms with E-state index in [0.717, 1.165) is 29.9 Å². The predicted molar refractivity (Wildman–Crippen MR) is 73.4 cm³/mol. The second-order valence-electron chi connectivity index (χ2n) is 5.08. The molecule has 19 heavy (non-hydrogen) atoms. The van der Waals surface area contributed by atoms with Gasteiger partial charge >= 0.3 is 0 Å². The van der Waals surface area contributed by atoms with Gasteiger partial charge in [-0.05, 0) is 37.5 Å². The first-order valence-corrected chi connectivity index (χ1v) is 6.67. The van der Waals surface area contributed by atoms with Gasteiger partial charge in [-0.15, -0.1) is 0 Å². The molecule has 0 radical (unpaired) electrons. The monoisotopic (exact) mass is 255 g/mol. The van der Waals surface area contributed by atoms with Crippen molar-refractivity contribution in [1.29, 1.82) is 0 Å². The van der Waals surface area contributed by atoms with Crippen molar-refractivity contribution in [2.24, 2.45) is 0 Å². The van der Waals surface area contributed by atoms with E-state index < -0.39 is 0 Å². The van der Waals surface area contributed by atoms with Crippen LogP contribution >= 0.6 is 0 Å². The molecule has 2 aromatic heterocycles. The maximum absolute atomic E-state index is 5.81. The van der Waals surface area contributed by atoms with E-state index in [1.54, 1.807) is 6.20 Å². The van der Waals surface area contributed by atoms with Crippen LogP contribution in [0.1, 0.15) is 43.0 Å². The fourth-order valence-corrected chi connectivity index (χ4v) is 2.55. The van der Waals surface area contributed by atoms with Gasteiger partial charge in [-0.2, -0.15) is 9.97 Å². The summed E-state index contributed by atoms with van der Waals surface area (Å²) in [5.74, 6) is 2.12. The van der Waals surface area contributed by atoms with Gasteiger partial charge in [0.15, 0.2) is 5.82 Å². The molecular weight excluding hydrogens is 238 g/mol. The lowest BCUT2D eigenvalue weighted by Crippen LogP contribution is -2.08. The zero-order chi connectivity index (χ0) is 13.2. The topological polar surface area (TPSA) is 77.6 Å². The number of nitrogens with zero attached hydrogens (tertiary/aromatic N) is 4. The standard InChI is InChI=1S/C14H17N5/c1-9-6-7-16-11(8-9)13-17-12(18-14(15)19-13)10-4-2-3-5-10/h6-8,10H,2-5H2,1H3,(H2,15,17,18,19). The number of nitrogens with two attached hydrogens (primary N) is 1. The van der Waals surface area contributed by atoms with E-state index in [0.29, 0.717) is 11.7 Å². The number of aryl methyl sites for hydroxylation is 1. The number of hydrogen-bond donors (Lipinski definition) is 1. The lowest BCUT2D eigenvalue weighted by molar-refractivity contribution is 0.664. The molecule has 0 spiro atoms. The fraction of sp³-hybridized carbons (Fsp3) is 0.429. The van der Waals surface area contributed by atoms with Crippen molar-refractivity contribution in [3.8, 4) is 11.5 Å². The Bertz CT molecular complexity index is 590. The van der Waals surface area contributed by atoms with Gasteiger partial charge in [-0.3, -0.25) is 4.98 Å². The quantitative estimate of drug-likeness (QED) is 0.892. The Kier molecular flexibility index (Phi) is 3.11. The molecule has 5 nitrogen and oxygen atoms in total. The predicted octanol–water partition coefficient (Wildman–Crippen LogP) is 2.48. The van der Waals surface area contributed by atoms with Crippen LogP contribution in [0.3, 0.4) is 0 Å². The third kappa shape index (κ3) is 2.54. The van der Waals surface area contributed by atoms with E-state index in [2.05, 4.69) is 19.9 Å². The Balaban J connectivity index is 2.01. The molecule has 1 aliphatic carbocycles. The second-order valence-corrected chi connectivity index (χ2v) is 5.08. The Morgan fingerprint density at radius 2 is 1.95 bits per heavy atom. The summed E-state index contributed by atoms with van der Waals surface area (Å²) in [5.41, 5.74) is 7.70. The van der Waals surface area contributed by atoms with Crippen LogP contribution in [-0.4, -0.2) is 19.9 Å². The van der Waals surface area contributed by atoms with E-state index in [9.17, 15) is 0 Å². The molecule has 5 heteroatoms. The molecule has 98 valence electrons. The smallest absolute Gasteiger partial charge is 0.223 e. The summed E-state index contributed by atoms with van der Waals surface area (Å²) in [6.07, 6.45) is 6.54. The van der Waals surface area contributed by atoms with E-state index >= 15 is 0 Å². The van der Waals surface area contributed by atoms with Gasteiger partial charge in [0.05, 0.1) is 0 Å². The zero-order valence-corrected chi connectivity index (χ0v) is 11.0. The molecule has 0 saturated heterocycles. The first kappa shape index (κ1) is 12.0. The molecule has 0 aromatic carbocycles. The van der Waals surface area contributed by atoms with Gasteiger partial charge in [0.2, 0.25) is 5.95 Å². The highest BCUT2D eigenvalue weighted by molar-refractivity contribution is 5.51. The normalized spacial score (nSPS) is 15.8. The molecule has 3 rings (SSSR count). The van der Waals surface area contributed by atoms with Crippen molar-refractivity contribution in [2.45, 2.75) is 38.5 Å². The molecular formula is C14H17N5. The van der Waals surface area contributed by atoms with E-state index in [1.165, 1.54) is 12.8 Å². The van der Waals surface area contributed by atoms with Gasteiger partial charge < -0.3 is 5.73 Å². The molecule has 0 bridgehead atoms. The summed E-state index contributed by atoms with van der Waals surface area (Å²) >= 11 is 0. The number of hydrogen-bond acceptors (Lipinski definition) is 5. The van der Waals surface area contributed by atoms with E-state index in [4.69, 9.17) is 5.73 Å². The minimum atomic E-state index is 0.287. The van der Waals surface area contributed by atoms with Gasteiger partial charge in [0, 0.05) is 12.1 Å². The minimum absolute atomic E-state index is 0.287. The van der Waals surface area contributed by atoms with Crippen LogP contribution in [0.25, 0.3) is 11.5 Å². The van der Waals surface area contributed by atoms with Crippen LogP contribution in [-0.2, 0) is 0 Å². The molecule has 2 heterocycles. The number of rotatable bonds is 2. The molecule has 2 N–H and O–H groups in total. The molecule has 0 aliphatic heterocycles. The average molecular weight is 255 g/mol. The summed E-state index contributed by atoms with van der Waals surface area (Å²) in [4.78, 5) is 17.4. The molecule has 2 aromatic rings. The van der Waals surface area contributed by atoms with Crippen LogP contribution in [0.2, 0.25) is 0 Å². The third-order valence-electron chi connectivity index (χ3n) is 3.53. The Labute approximate surface area is 112 Å². The van der Waals surface area contributed by atoms with E-state index in [1.807, 2.05) is 19.1 Å². The first-order valence-electron chi connectivity index (χ1n) is 6.67. The van der Waals surface area contributed by atoms with Crippen molar-refractivity contribution in [2.75, 3.05) is 5.73 Å². The lowest BCUT2D eigenvalue weighted by atomic mass is 10.1. The third-order valence-corrected chi connectivity index (χ3v) is 3.53. The summed E-state index contributed by atoms with van der Waals surface area (Å²) in [5, 5.41) is 0. The first-order chi connectivity index (χ1) is 9.22. The highest BCUT2D eigenvalue weighted by Gasteiger charge is 2.21. The van der Waals surface area contributed by atoms with Crippen molar-refractivity contribution in [3.63, 3.8) is 0 Å². The maximum Gasteiger partial charge on any atom is 0.223 e. The van der Waals surface area contributed by atoms with Crippen molar-refractivity contribution < 1.29 is 0 Å². The summed E-state index contributed by atoms with van der Waals surface area (Å²) in [7, 11) is 0. The molecule has 0 atom stereocenters. The molecule has 1 aliphatic rings. The summed E-state index contributed by atoms with van der Waals surface area (Å²) < 4.78 is 0. The molecule has 0 amide bonds. The zero-order valence-electron chi connectivity index (χ0n) is 11.0. The summed E-state index contributed by atoms with van der Waals surface area (Å²) in [6, 6.07) is 3.92. The van der Waals surface area contributed by atoms with Crippen molar-refractivity contribution in [3.05, 3.63) is 29.7 Å². The Morgan fingerprint density at radius 3 is 2.68 bits per heavy atom. The van der Waals surface area contributed by atoms with Crippen LogP contribution in [0.5, 0.6) is 0 Å². The Morgan fingerprint density at radius 1 is 1.16 bits per heavy atom. The van der Waals surface area contributed by atoms with Crippen LogP contribution in [0.4, 0.5) is 5.95 Å². The Hall–Kier alpha value is -2.04.